The maximum Gasteiger partial charge on any atom is 0.209 e. The van der Waals surface area contributed by atoms with Gasteiger partial charge >= 0.3 is 0 Å². The Balaban J connectivity index is 1.24. The number of anilines is 1. The fourth-order valence-corrected chi connectivity index (χ4v) is 7.04. The number of aliphatic hydroxyl groups excluding tert-OH is 2. The van der Waals surface area contributed by atoms with E-state index in [-0.39, 0.29) is 18.0 Å². The van der Waals surface area contributed by atoms with E-state index < -0.39 is 24.2 Å². The monoisotopic (exact) mass is 625 g/mol. The molecule has 46 heavy (non-hydrogen) atoms. The quantitative estimate of drug-likeness (QED) is 0.153. The molecule has 7 aromatic rings. The Morgan fingerprint density at radius 3 is 2.43 bits per heavy atom. The van der Waals surface area contributed by atoms with E-state index in [0.717, 1.165) is 21.9 Å². The fourth-order valence-electron chi connectivity index (χ4n) is 6.83. The molecule has 0 bridgehead atoms. The van der Waals surface area contributed by atoms with Crippen LogP contribution in [-0.4, -0.2) is 47.7 Å². The number of fused-ring (bicyclic) bond motifs is 1. The Hall–Kier alpha value is -5.07. The van der Waals surface area contributed by atoms with Gasteiger partial charge in [0.15, 0.2) is 17.0 Å². The maximum atomic E-state index is 12.2. The molecule has 0 amide bonds. The number of nitrogens with one attached hydrogen (secondary N) is 1. The molecule has 5 aromatic carbocycles. The molecule has 8 rings (SSSR count). The molecule has 0 saturated heterocycles. The average Bonchev–Trinajstić information content (AvgIpc) is 3.61. The van der Waals surface area contributed by atoms with Crippen molar-refractivity contribution in [3.63, 3.8) is 0 Å². The number of benzene rings is 5. The number of hydrogen-bond donors (Lipinski definition) is 3. The average molecular weight is 626 g/mol. The summed E-state index contributed by atoms with van der Waals surface area (Å²) in [7, 11) is 0. The molecule has 4 atom stereocenters. The van der Waals surface area contributed by atoms with Gasteiger partial charge in [0.2, 0.25) is 5.82 Å². The smallest absolute Gasteiger partial charge is 0.209 e. The zero-order valence-electron chi connectivity index (χ0n) is 24.8. The molecule has 9 heteroatoms. The first-order valence-electron chi connectivity index (χ1n) is 15.1. The van der Waals surface area contributed by atoms with Crippen molar-refractivity contribution in [2.75, 3.05) is 5.32 Å². The van der Waals surface area contributed by atoms with Gasteiger partial charge in [0, 0.05) is 23.0 Å². The van der Waals surface area contributed by atoms with Crippen LogP contribution in [0.3, 0.4) is 0 Å². The standard InChI is InChI=1S/C37H28ClN5O3/c1-20(44)28-17-29(35(46)34(28)45)43-19-40-33-36(39-18-21-4-2-7-26(38)16-21)41-30(42-37(33)43)15-13-22-8-9-25-11-10-23-5-3-6-24-12-14-27(22)32(25)31(23)24/h2-12,14,16,19,28-29,34-35,45-46H,17-18H2,1H3,(H,39,41,42)/t28-,29-,34?,35+/m1/s1. The number of hydrogen-bond acceptors (Lipinski definition) is 7. The second-order valence-corrected chi connectivity index (χ2v) is 12.4. The molecule has 2 heterocycles. The van der Waals surface area contributed by atoms with Crippen molar-refractivity contribution in [3.8, 4) is 11.8 Å². The number of aliphatic hydroxyl groups is 2. The number of Topliss-reactive ketones (excluding diaryl/α,β-unsaturated/α-hetero) is 1. The lowest BCUT2D eigenvalue weighted by atomic mass is 9.92. The first-order chi connectivity index (χ1) is 22.4. The minimum absolute atomic E-state index is 0.170. The van der Waals surface area contributed by atoms with Gasteiger partial charge in [0.25, 0.3) is 0 Å². The highest BCUT2D eigenvalue weighted by molar-refractivity contribution is 6.30. The summed E-state index contributed by atoms with van der Waals surface area (Å²) in [5.74, 6) is 6.41. The number of carbonyl (C=O) groups is 1. The molecule has 0 radical (unpaired) electrons. The van der Waals surface area contributed by atoms with Gasteiger partial charge < -0.3 is 20.1 Å². The molecule has 1 unspecified atom stereocenters. The molecule has 1 aliphatic rings. The second kappa shape index (κ2) is 11.1. The summed E-state index contributed by atoms with van der Waals surface area (Å²) < 4.78 is 1.72. The van der Waals surface area contributed by atoms with Crippen LogP contribution in [0.2, 0.25) is 5.02 Å². The van der Waals surface area contributed by atoms with E-state index in [2.05, 4.69) is 70.7 Å². The molecular weight excluding hydrogens is 598 g/mol. The first kappa shape index (κ1) is 28.4. The van der Waals surface area contributed by atoms with Gasteiger partial charge in [-0.15, -0.1) is 0 Å². The number of rotatable bonds is 5. The van der Waals surface area contributed by atoms with Gasteiger partial charge in [-0.05, 0) is 75.3 Å². The summed E-state index contributed by atoms with van der Waals surface area (Å²) in [4.78, 5) is 26.3. The third-order valence-corrected chi connectivity index (χ3v) is 9.37. The van der Waals surface area contributed by atoms with Crippen LogP contribution < -0.4 is 5.32 Å². The SMILES string of the molecule is CC(=O)[C@H]1C[C@@H](n2cnc3c(NCc4cccc(Cl)c4)nc(C#Cc4ccc5ccc6cccc7ccc4c5c67)nc32)[C@H](O)C1O. The van der Waals surface area contributed by atoms with Crippen molar-refractivity contribution in [1.29, 1.82) is 0 Å². The van der Waals surface area contributed by atoms with E-state index in [1.54, 1.807) is 10.9 Å². The molecule has 1 fully saturated rings. The molecule has 8 nitrogen and oxygen atoms in total. The van der Waals surface area contributed by atoms with Gasteiger partial charge in [-0.25, -0.2) is 15.0 Å². The zero-order chi connectivity index (χ0) is 31.5. The lowest BCUT2D eigenvalue weighted by molar-refractivity contribution is -0.124. The molecule has 0 aliphatic heterocycles. The van der Waals surface area contributed by atoms with Crippen molar-refractivity contribution in [2.45, 2.75) is 38.1 Å². The van der Waals surface area contributed by atoms with Crippen LogP contribution in [0.1, 0.15) is 36.3 Å². The summed E-state index contributed by atoms with van der Waals surface area (Å²) in [6.45, 7) is 1.86. The summed E-state index contributed by atoms with van der Waals surface area (Å²) in [5.41, 5.74) is 2.75. The van der Waals surface area contributed by atoms with Crippen LogP contribution in [0.4, 0.5) is 5.82 Å². The number of halogens is 1. The highest BCUT2D eigenvalue weighted by Gasteiger charge is 2.45. The predicted octanol–water partition coefficient (Wildman–Crippen LogP) is 6.26. The Labute approximate surface area is 269 Å². The van der Waals surface area contributed by atoms with E-state index in [1.165, 1.54) is 28.5 Å². The van der Waals surface area contributed by atoms with Crippen LogP contribution in [0.15, 0.2) is 85.2 Å². The number of aromatic nitrogens is 4. The van der Waals surface area contributed by atoms with Crippen molar-refractivity contribution < 1.29 is 15.0 Å². The molecule has 2 aromatic heterocycles. The van der Waals surface area contributed by atoms with E-state index >= 15 is 0 Å². The summed E-state index contributed by atoms with van der Waals surface area (Å²) >= 11 is 6.22. The van der Waals surface area contributed by atoms with Crippen molar-refractivity contribution in [1.82, 2.24) is 19.5 Å². The van der Waals surface area contributed by atoms with Gasteiger partial charge in [0.1, 0.15) is 11.9 Å². The second-order valence-electron chi connectivity index (χ2n) is 11.9. The Bertz CT molecular complexity index is 2360. The van der Waals surface area contributed by atoms with Crippen LogP contribution in [0.25, 0.3) is 43.5 Å². The fraction of sp³-hybridized carbons (Fsp3) is 0.189. The third kappa shape index (κ3) is 4.72. The van der Waals surface area contributed by atoms with Crippen LogP contribution in [0, 0.1) is 17.8 Å². The van der Waals surface area contributed by atoms with E-state index in [1.807, 2.05) is 30.3 Å². The predicted molar refractivity (Wildman–Crippen MR) is 180 cm³/mol. The first-order valence-corrected chi connectivity index (χ1v) is 15.5. The van der Waals surface area contributed by atoms with Crippen molar-refractivity contribution in [2.24, 2.45) is 5.92 Å². The lowest BCUT2D eigenvalue weighted by Gasteiger charge is -2.18. The van der Waals surface area contributed by atoms with Gasteiger partial charge in [0.05, 0.1) is 18.5 Å². The highest BCUT2D eigenvalue weighted by Crippen LogP contribution is 2.38. The van der Waals surface area contributed by atoms with Crippen LogP contribution >= 0.6 is 11.6 Å². The third-order valence-electron chi connectivity index (χ3n) is 9.14. The molecule has 1 saturated carbocycles. The number of nitrogens with zero attached hydrogens (tertiary/aromatic N) is 4. The normalized spacial score (nSPS) is 19.7. The Kier molecular flexibility index (Phi) is 6.84. The lowest BCUT2D eigenvalue weighted by Crippen LogP contribution is -2.31. The number of imidazole rings is 1. The molecule has 3 N–H and O–H groups in total. The number of ketones is 1. The molecule has 0 spiro atoms. The summed E-state index contributed by atoms with van der Waals surface area (Å²) in [6.07, 6.45) is -0.486. The minimum atomic E-state index is -1.17. The largest absolute Gasteiger partial charge is 0.390 e. The van der Waals surface area contributed by atoms with Crippen molar-refractivity contribution in [3.05, 3.63) is 107 Å². The van der Waals surface area contributed by atoms with Gasteiger partial charge in [-0.1, -0.05) is 78.2 Å². The van der Waals surface area contributed by atoms with Gasteiger partial charge in [-0.3, -0.25) is 4.79 Å². The van der Waals surface area contributed by atoms with E-state index in [4.69, 9.17) is 21.6 Å². The maximum absolute atomic E-state index is 12.2. The van der Waals surface area contributed by atoms with Crippen LogP contribution in [0.5, 0.6) is 0 Å². The van der Waals surface area contributed by atoms with Gasteiger partial charge in [-0.2, -0.15) is 0 Å². The Morgan fingerprint density at radius 2 is 1.67 bits per heavy atom. The molecule has 1 aliphatic carbocycles. The minimum Gasteiger partial charge on any atom is -0.390 e. The zero-order valence-corrected chi connectivity index (χ0v) is 25.5. The van der Waals surface area contributed by atoms with E-state index in [0.29, 0.717) is 28.5 Å². The summed E-state index contributed by atoms with van der Waals surface area (Å²) in [5, 5.41) is 32.5. The topological polar surface area (TPSA) is 113 Å². The Morgan fingerprint density at radius 1 is 0.935 bits per heavy atom. The van der Waals surface area contributed by atoms with E-state index in [9.17, 15) is 15.0 Å². The highest BCUT2D eigenvalue weighted by atomic mass is 35.5. The van der Waals surface area contributed by atoms with Crippen molar-refractivity contribution >= 4 is 66.7 Å². The van der Waals surface area contributed by atoms with Crippen LogP contribution in [-0.2, 0) is 11.3 Å². The molecular formula is C37H28ClN5O3. The number of carbonyl (C=O) groups excluding carboxylic acids is 1. The molecule has 226 valence electrons. The summed E-state index contributed by atoms with van der Waals surface area (Å²) in [6, 6.07) is 25.9.